The molecule has 0 radical (unpaired) electrons. The van der Waals surface area contributed by atoms with Gasteiger partial charge < -0.3 is 24.6 Å². The fourth-order valence-electron chi connectivity index (χ4n) is 2.01. The Morgan fingerprint density at radius 1 is 1.40 bits per heavy atom. The Morgan fingerprint density at radius 2 is 2.15 bits per heavy atom. The first-order valence-electron chi connectivity index (χ1n) is 6.55. The molecule has 1 atom stereocenters. The molecule has 6 nitrogen and oxygen atoms in total. The molecule has 2 rings (SSSR count). The molecule has 1 heterocycles. The van der Waals surface area contributed by atoms with Crippen LogP contribution in [0.5, 0.6) is 11.5 Å². The lowest BCUT2D eigenvalue weighted by Crippen LogP contribution is -2.38. The van der Waals surface area contributed by atoms with Gasteiger partial charge in [-0.05, 0) is 24.6 Å². The minimum absolute atomic E-state index is 0.00452. The van der Waals surface area contributed by atoms with Gasteiger partial charge in [0.2, 0.25) is 0 Å². The Kier molecular flexibility index (Phi) is 5.20. The van der Waals surface area contributed by atoms with Gasteiger partial charge in [0.25, 0.3) is 5.91 Å². The summed E-state index contributed by atoms with van der Waals surface area (Å²) < 4.78 is 15.9. The number of hydrogen-bond acceptors (Lipinski definition) is 5. The molecule has 0 saturated heterocycles. The lowest BCUT2D eigenvalue weighted by Gasteiger charge is -2.20. The summed E-state index contributed by atoms with van der Waals surface area (Å²) in [6.45, 7) is 1.35. The van der Waals surface area contributed by atoms with Crippen LogP contribution in [0.15, 0.2) is 18.2 Å². The Balaban J connectivity index is 2.04. The van der Waals surface area contributed by atoms with E-state index in [9.17, 15) is 4.79 Å². The van der Waals surface area contributed by atoms with Crippen LogP contribution in [0.1, 0.15) is 16.8 Å². The number of fused-ring (bicyclic) bond motifs is 1. The number of nitrogens with one attached hydrogen (secondary N) is 1. The van der Waals surface area contributed by atoms with Crippen LogP contribution in [0.2, 0.25) is 0 Å². The normalized spacial score (nSPS) is 14.7. The van der Waals surface area contributed by atoms with Crippen molar-refractivity contribution >= 4 is 5.91 Å². The van der Waals surface area contributed by atoms with Crippen molar-refractivity contribution in [1.29, 1.82) is 0 Å². The van der Waals surface area contributed by atoms with Crippen molar-refractivity contribution in [2.75, 3.05) is 33.5 Å². The fourth-order valence-corrected chi connectivity index (χ4v) is 2.01. The standard InChI is InChI=1S/C14H19NO5/c1-18-9-11(4-5-16)15-14(17)10-2-3-12-13(8-10)20-7-6-19-12/h2-3,8,11,16H,4-7,9H2,1H3,(H,15,17). The van der Waals surface area contributed by atoms with Crippen molar-refractivity contribution in [3.63, 3.8) is 0 Å². The molecule has 0 aromatic heterocycles. The van der Waals surface area contributed by atoms with Crippen LogP contribution < -0.4 is 14.8 Å². The number of carbonyl (C=O) groups is 1. The molecular formula is C14H19NO5. The number of rotatable bonds is 6. The number of aliphatic hydroxyl groups is 1. The van der Waals surface area contributed by atoms with E-state index < -0.39 is 0 Å². The van der Waals surface area contributed by atoms with Gasteiger partial charge in [-0.15, -0.1) is 0 Å². The highest BCUT2D eigenvalue weighted by molar-refractivity contribution is 5.95. The molecule has 1 aliphatic heterocycles. The first-order valence-corrected chi connectivity index (χ1v) is 6.55. The number of hydrogen-bond donors (Lipinski definition) is 2. The SMILES string of the molecule is COCC(CCO)NC(=O)c1ccc2c(c1)OCCO2. The van der Waals surface area contributed by atoms with Crippen molar-refractivity contribution in [3.05, 3.63) is 23.8 Å². The summed E-state index contributed by atoms with van der Waals surface area (Å²) in [6.07, 6.45) is 0.449. The number of methoxy groups -OCH3 is 1. The monoisotopic (exact) mass is 281 g/mol. The highest BCUT2D eigenvalue weighted by atomic mass is 16.6. The van der Waals surface area contributed by atoms with Crippen LogP contribution in [0.4, 0.5) is 0 Å². The third kappa shape index (κ3) is 3.61. The summed E-state index contributed by atoms with van der Waals surface area (Å²) >= 11 is 0. The number of carbonyl (C=O) groups excluding carboxylic acids is 1. The summed E-state index contributed by atoms with van der Waals surface area (Å²) in [6, 6.07) is 4.85. The van der Waals surface area contributed by atoms with Crippen LogP contribution in [0.3, 0.4) is 0 Å². The molecular weight excluding hydrogens is 262 g/mol. The summed E-state index contributed by atoms with van der Waals surface area (Å²) in [5.74, 6) is 1.00. The molecule has 1 aliphatic rings. The zero-order valence-corrected chi connectivity index (χ0v) is 11.4. The van der Waals surface area contributed by atoms with Crippen molar-refractivity contribution in [1.82, 2.24) is 5.32 Å². The quantitative estimate of drug-likeness (QED) is 0.798. The summed E-state index contributed by atoms with van der Waals surface area (Å²) in [5.41, 5.74) is 0.494. The first-order chi connectivity index (χ1) is 9.74. The number of amides is 1. The van der Waals surface area contributed by atoms with Gasteiger partial charge in [-0.1, -0.05) is 0 Å². The first kappa shape index (κ1) is 14.6. The van der Waals surface area contributed by atoms with E-state index in [4.69, 9.17) is 19.3 Å². The summed E-state index contributed by atoms with van der Waals surface area (Å²) in [4.78, 5) is 12.1. The van der Waals surface area contributed by atoms with Gasteiger partial charge in [-0.2, -0.15) is 0 Å². The Morgan fingerprint density at radius 3 is 2.85 bits per heavy atom. The van der Waals surface area contributed by atoms with Gasteiger partial charge in [-0.25, -0.2) is 0 Å². The maximum absolute atomic E-state index is 12.1. The second-order valence-corrected chi connectivity index (χ2v) is 4.50. The molecule has 2 N–H and O–H groups in total. The van der Waals surface area contributed by atoms with Gasteiger partial charge in [0, 0.05) is 19.3 Å². The third-order valence-electron chi connectivity index (χ3n) is 2.98. The average Bonchev–Trinajstić information content (AvgIpc) is 2.47. The molecule has 6 heteroatoms. The highest BCUT2D eigenvalue weighted by Crippen LogP contribution is 2.30. The Labute approximate surface area is 117 Å². The largest absolute Gasteiger partial charge is 0.486 e. The Hall–Kier alpha value is -1.79. The van der Waals surface area contributed by atoms with E-state index in [-0.39, 0.29) is 18.6 Å². The Bertz CT molecular complexity index is 457. The maximum atomic E-state index is 12.1. The van der Waals surface area contributed by atoms with Crippen LogP contribution in [-0.2, 0) is 4.74 Å². The predicted molar refractivity (Wildman–Crippen MR) is 72.3 cm³/mol. The highest BCUT2D eigenvalue weighted by Gasteiger charge is 2.17. The molecule has 20 heavy (non-hydrogen) atoms. The second-order valence-electron chi connectivity index (χ2n) is 4.50. The van der Waals surface area contributed by atoms with Crippen molar-refractivity contribution < 1.29 is 24.1 Å². The predicted octanol–water partition coefficient (Wildman–Crippen LogP) is 0.585. The van der Waals surface area contributed by atoms with E-state index in [1.54, 1.807) is 25.3 Å². The molecule has 1 aromatic rings. The number of ether oxygens (including phenoxy) is 3. The van der Waals surface area contributed by atoms with E-state index in [1.807, 2.05) is 0 Å². The minimum Gasteiger partial charge on any atom is -0.486 e. The van der Waals surface area contributed by atoms with Crippen LogP contribution in [0.25, 0.3) is 0 Å². The van der Waals surface area contributed by atoms with Gasteiger partial charge >= 0.3 is 0 Å². The average molecular weight is 281 g/mol. The molecule has 1 aromatic carbocycles. The lowest BCUT2D eigenvalue weighted by atomic mass is 10.1. The molecule has 0 bridgehead atoms. The van der Waals surface area contributed by atoms with Crippen LogP contribution in [0, 0.1) is 0 Å². The van der Waals surface area contributed by atoms with Crippen molar-refractivity contribution in [2.24, 2.45) is 0 Å². The van der Waals surface area contributed by atoms with E-state index >= 15 is 0 Å². The van der Waals surface area contributed by atoms with E-state index in [0.29, 0.717) is 43.3 Å². The molecule has 0 fully saturated rings. The van der Waals surface area contributed by atoms with Crippen molar-refractivity contribution in [2.45, 2.75) is 12.5 Å². The lowest BCUT2D eigenvalue weighted by molar-refractivity contribution is 0.0877. The molecule has 1 unspecified atom stereocenters. The van der Waals surface area contributed by atoms with Gasteiger partial charge in [0.05, 0.1) is 12.6 Å². The van der Waals surface area contributed by atoms with Gasteiger partial charge in [0.15, 0.2) is 11.5 Å². The summed E-state index contributed by atoms with van der Waals surface area (Å²) in [7, 11) is 1.56. The zero-order valence-electron chi connectivity index (χ0n) is 11.4. The molecule has 0 saturated carbocycles. The minimum atomic E-state index is -0.225. The smallest absolute Gasteiger partial charge is 0.251 e. The zero-order chi connectivity index (χ0) is 14.4. The van der Waals surface area contributed by atoms with Gasteiger partial charge in [-0.3, -0.25) is 4.79 Å². The van der Waals surface area contributed by atoms with Crippen molar-refractivity contribution in [3.8, 4) is 11.5 Å². The number of benzene rings is 1. The van der Waals surface area contributed by atoms with Crippen LogP contribution >= 0.6 is 0 Å². The van der Waals surface area contributed by atoms with Crippen LogP contribution in [-0.4, -0.2) is 50.6 Å². The fraction of sp³-hybridized carbons (Fsp3) is 0.500. The number of aliphatic hydroxyl groups excluding tert-OH is 1. The maximum Gasteiger partial charge on any atom is 0.251 e. The summed E-state index contributed by atoms with van der Waals surface area (Å²) in [5, 5.41) is 11.8. The third-order valence-corrected chi connectivity index (χ3v) is 2.98. The molecule has 0 spiro atoms. The molecule has 110 valence electrons. The van der Waals surface area contributed by atoms with Gasteiger partial charge in [0.1, 0.15) is 13.2 Å². The van der Waals surface area contributed by atoms with E-state index in [2.05, 4.69) is 5.32 Å². The second kappa shape index (κ2) is 7.12. The van der Waals surface area contributed by atoms with E-state index in [0.717, 1.165) is 0 Å². The topological polar surface area (TPSA) is 77.0 Å². The van der Waals surface area contributed by atoms with E-state index in [1.165, 1.54) is 0 Å². The molecule has 0 aliphatic carbocycles. The molecule has 1 amide bonds.